The maximum absolute atomic E-state index is 13.9. The molecule has 2 aliphatic rings. The fourth-order valence-electron chi connectivity index (χ4n) is 4.76. The molecule has 2 aliphatic heterocycles. The first kappa shape index (κ1) is 18.7. The van der Waals surface area contributed by atoms with Crippen LogP contribution in [0.4, 0.5) is 5.95 Å². The van der Waals surface area contributed by atoms with Gasteiger partial charge in [-0.3, -0.25) is 9.78 Å². The van der Waals surface area contributed by atoms with Crippen molar-refractivity contribution in [3.05, 3.63) is 83.9 Å². The van der Waals surface area contributed by atoms with E-state index < -0.39 is 0 Å². The van der Waals surface area contributed by atoms with Gasteiger partial charge in [0.05, 0.1) is 5.41 Å². The lowest BCUT2D eigenvalue weighted by atomic mass is 9.73. The van der Waals surface area contributed by atoms with Crippen LogP contribution in [-0.2, 0) is 24.3 Å². The Morgan fingerprint density at radius 3 is 2.40 bits per heavy atom. The smallest absolute Gasteiger partial charge is 0.229 e. The number of piperidine rings is 1. The van der Waals surface area contributed by atoms with Crippen LogP contribution < -0.4 is 4.90 Å². The van der Waals surface area contributed by atoms with Gasteiger partial charge >= 0.3 is 0 Å². The van der Waals surface area contributed by atoms with Gasteiger partial charge in [-0.05, 0) is 48.1 Å². The first-order valence-corrected chi connectivity index (χ1v) is 10.5. The zero-order valence-electron chi connectivity index (χ0n) is 16.9. The number of nitrogens with zero attached hydrogens (tertiary/aromatic N) is 5. The van der Waals surface area contributed by atoms with E-state index in [0.29, 0.717) is 13.1 Å². The fraction of sp³-hybridized carbons (Fsp3) is 0.333. The summed E-state index contributed by atoms with van der Waals surface area (Å²) in [6, 6.07) is 14.3. The van der Waals surface area contributed by atoms with Crippen molar-refractivity contribution in [2.45, 2.75) is 32.4 Å². The number of hydrogen-bond acceptors (Lipinski definition) is 5. The average Bonchev–Trinajstić information content (AvgIpc) is 2.91. The number of hydrogen-bond donors (Lipinski definition) is 0. The highest BCUT2D eigenvalue weighted by molar-refractivity contribution is 5.84. The number of amides is 1. The molecule has 0 aliphatic carbocycles. The van der Waals surface area contributed by atoms with Crippen molar-refractivity contribution >= 4 is 11.9 Å². The van der Waals surface area contributed by atoms with Crippen molar-refractivity contribution in [1.29, 1.82) is 0 Å². The van der Waals surface area contributed by atoms with Gasteiger partial charge in [0.25, 0.3) is 0 Å². The Kier molecular flexibility index (Phi) is 4.91. The van der Waals surface area contributed by atoms with E-state index in [1.165, 1.54) is 11.1 Å². The molecule has 0 bridgehead atoms. The molecule has 2 aromatic heterocycles. The van der Waals surface area contributed by atoms with Crippen molar-refractivity contribution in [2.24, 2.45) is 5.41 Å². The normalized spacial score (nSPS) is 18.2. The van der Waals surface area contributed by atoms with Crippen molar-refractivity contribution in [3.8, 4) is 0 Å². The third kappa shape index (κ3) is 3.54. The fourth-order valence-corrected chi connectivity index (χ4v) is 4.76. The quantitative estimate of drug-likeness (QED) is 0.677. The molecule has 152 valence electrons. The highest BCUT2D eigenvalue weighted by Gasteiger charge is 2.46. The summed E-state index contributed by atoms with van der Waals surface area (Å²) in [5.41, 5.74) is 3.24. The molecule has 1 saturated heterocycles. The maximum Gasteiger partial charge on any atom is 0.229 e. The minimum atomic E-state index is -0.375. The van der Waals surface area contributed by atoms with Crippen molar-refractivity contribution in [3.63, 3.8) is 0 Å². The van der Waals surface area contributed by atoms with Crippen LogP contribution in [0.25, 0.3) is 0 Å². The molecule has 5 rings (SSSR count). The summed E-state index contributed by atoms with van der Waals surface area (Å²) in [6.07, 6.45) is 9.59. The Hall–Kier alpha value is -3.28. The largest absolute Gasteiger partial charge is 0.341 e. The van der Waals surface area contributed by atoms with Crippen LogP contribution in [0.1, 0.15) is 29.5 Å². The maximum atomic E-state index is 13.9. The Morgan fingerprint density at radius 2 is 1.67 bits per heavy atom. The highest BCUT2D eigenvalue weighted by atomic mass is 16.2. The topological polar surface area (TPSA) is 62.2 Å². The van der Waals surface area contributed by atoms with Gasteiger partial charge in [0, 0.05) is 51.0 Å². The van der Waals surface area contributed by atoms with E-state index in [1.807, 2.05) is 29.3 Å². The molecule has 0 N–H and O–H groups in total. The van der Waals surface area contributed by atoms with Gasteiger partial charge in [-0.2, -0.15) is 0 Å². The van der Waals surface area contributed by atoms with Gasteiger partial charge < -0.3 is 9.80 Å². The Bertz CT molecular complexity index is 1020. The minimum Gasteiger partial charge on any atom is -0.341 e. The molecule has 3 aromatic rings. The summed E-state index contributed by atoms with van der Waals surface area (Å²) in [5.74, 6) is 1.01. The summed E-state index contributed by atoms with van der Waals surface area (Å²) in [7, 11) is 0. The van der Waals surface area contributed by atoms with E-state index in [1.54, 1.807) is 18.6 Å². The lowest BCUT2D eigenvalue weighted by Crippen LogP contribution is -2.50. The van der Waals surface area contributed by atoms with Crippen molar-refractivity contribution in [1.82, 2.24) is 19.9 Å². The van der Waals surface area contributed by atoms with Gasteiger partial charge in [0.1, 0.15) is 0 Å². The molecule has 0 atom stereocenters. The summed E-state index contributed by atoms with van der Waals surface area (Å²) in [6.45, 7) is 2.82. The predicted molar refractivity (Wildman–Crippen MR) is 115 cm³/mol. The van der Waals surface area contributed by atoms with Gasteiger partial charge in [-0.1, -0.05) is 30.3 Å². The second kappa shape index (κ2) is 7.86. The van der Waals surface area contributed by atoms with E-state index in [-0.39, 0.29) is 11.3 Å². The monoisotopic (exact) mass is 399 g/mol. The van der Waals surface area contributed by atoms with Gasteiger partial charge in [0.15, 0.2) is 0 Å². The van der Waals surface area contributed by atoms with E-state index in [9.17, 15) is 4.79 Å². The number of carbonyl (C=O) groups is 1. The Labute approximate surface area is 176 Å². The summed E-state index contributed by atoms with van der Waals surface area (Å²) < 4.78 is 0. The van der Waals surface area contributed by atoms with Crippen LogP contribution in [0.2, 0.25) is 0 Å². The second-order valence-electron chi connectivity index (χ2n) is 8.28. The predicted octanol–water partition coefficient (Wildman–Crippen LogP) is 3.24. The van der Waals surface area contributed by atoms with E-state index in [4.69, 9.17) is 0 Å². The molecular formula is C24H25N5O. The Morgan fingerprint density at radius 1 is 0.900 bits per heavy atom. The summed E-state index contributed by atoms with van der Waals surface area (Å²) in [4.78, 5) is 31.1. The third-order valence-electron chi connectivity index (χ3n) is 6.40. The molecule has 1 aromatic carbocycles. The molecule has 1 fully saturated rings. The minimum absolute atomic E-state index is 0.260. The molecule has 1 amide bonds. The number of rotatable bonds is 3. The zero-order valence-corrected chi connectivity index (χ0v) is 16.9. The number of pyridine rings is 1. The standard InChI is InChI=1S/C24H25N5O/c30-22-24(8-13-28(14-9-24)23-26-11-4-12-27-23)15-20-6-1-2-7-21(20)18-29(22)17-19-5-3-10-25-16-19/h1-7,10-12,16H,8-9,13-15,17-18H2. The molecule has 4 heterocycles. The Balaban J connectivity index is 1.44. The molecule has 0 radical (unpaired) electrons. The van der Waals surface area contributed by atoms with Gasteiger partial charge in [0.2, 0.25) is 11.9 Å². The first-order chi connectivity index (χ1) is 14.7. The lowest BCUT2D eigenvalue weighted by Gasteiger charge is -2.42. The third-order valence-corrected chi connectivity index (χ3v) is 6.40. The van der Waals surface area contributed by atoms with Crippen LogP contribution in [0.5, 0.6) is 0 Å². The van der Waals surface area contributed by atoms with Crippen LogP contribution in [0, 0.1) is 5.41 Å². The van der Waals surface area contributed by atoms with Crippen LogP contribution in [0.3, 0.4) is 0 Å². The van der Waals surface area contributed by atoms with Crippen LogP contribution in [-0.4, -0.2) is 38.8 Å². The van der Waals surface area contributed by atoms with Crippen LogP contribution >= 0.6 is 0 Å². The molecule has 6 nitrogen and oxygen atoms in total. The molecular weight excluding hydrogens is 374 g/mol. The number of carbonyl (C=O) groups excluding carboxylic acids is 1. The average molecular weight is 399 g/mol. The molecule has 1 spiro atoms. The molecule has 0 unspecified atom stereocenters. The van der Waals surface area contributed by atoms with Gasteiger partial charge in [-0.25, -0.2) is 9.97 Å². The zero-order chi connectivity index (χ0) is 20.4. The van der Waals surface area contributed by atoms with E-state index >= 15 is 0 Å². The molecule has 30 heavy (non-hydrogen) atoms. The number of anilines is 1. The first-order valence-electron chi connectivity index (χ1n) is 10.5. The van der Waals surface area contributed by atoms with Crippen molar-refractivity contribution in [2.75, 3.05) is 18.0 Å². The van der Waals surface area contributed by atoms with E-state index in [2.05, 4.69) is 44.1 Å². The summed E-state index contributed by atoms with van der Waals surface area (Å²) in [5, 5.41) is 0. The second-order valence-corrected chi connectivity index (χ2v) is 8.28. The molecule has 0 saturated carbocycles. The summed E-state index contributed by atoms with van der Waals surface area (Å²) >= 11 is 0. The van der Waals surface area contributed by atoms with E-state index in [0.717, 1.165) is 43.9 Å². The lowest BCUT2D eigenvalue weighted by molar-refractivity contribution is -0.144. The number of aromatic nitrogens is 3. The highest BCUT2D eigenvalue weighted by Crippen LogP contribution is 2.41. The van der Waals surface area contributed by atoms with Gasteiger partial charge in [-0.15, -0.1) is 0 Å². The molecule has 6 heteroatoms. The van der Waals surface area contributed by atoms with Crippen LogP contribution in [0.15, 0.2) is 67.3 Å². The number of benzene rings is 1. The number of fused-ring (bicyclic) bond motifs is 1. The van der Waals surface area contributed by atoms with Crippen molar-refractivity contribution < 1.29 is 4.79 Å². The SMILES string of the molecule is O=C1N(Cc2cccnc2)Cc2ccccc2CC12CCN(c1ncccn1)CC2.